The fourth-order valence-corrected chi connectivity index (χ4v) is 2.88. The molecular formula is C12H14ClNO3S. The molecule has 2 rings (SSSR count). The first kappa shape index (κ1) is 13.4. The SMILES string of the molecule is CC1CCN(C(=O)c2cccc(S(=O)(=O)Cl)c2)C1. The van der Waals surface area contributed by atoms with Gasteiger partial charge < -0.3 is 4.90 Å². The van der Waals surface area contributed by atoms with Gasteiger partial charge in [0.05, 0.1) is 4.90 Å². The zero-order valence-electron chi connectivity index (χ0n) is 9.97. The molecule has 0 saturated carbocycles. The van der Waals surface area contributed by atoms with Crippen LogP contribution in [0.2, 0.25) is 0 Å². The Labute approximate surface area is 111 Å². The van der Waals surface area contributed by atoms with Gasteiger partial charge in [-0.05, 0) is 30.5 Å². The summed E-state index contributed by atoms with van der Waals surface area (Å²) in [7, 11) is 1.47. The molecule has 1 heterocycles. The van der Waals surface area contributed by atoms with Gasteiger partial charge in [-0.25, -0.2) is 8.42 Å². The third kappa shape index (κ3) is 2.84. The van der Waals surface area contributed by atoms with Crippen LogP contribution in [-0.4, -0.2) is 32.3 Å². The summed E-state index contributed by atoms with van der Waals surface area (Å²) in [5, 5.41) is 0. The molecule has 4 nitrogen and oxygen atoms in total. The Kier molecular flexibility index (Phi) is 3.64. The number of amides is 1. The monoisotopic (exact) mass is 287 g/mol. The predicted molar refractivity (Wildman–Crippen MR) is 69.2 cm³/mol. The van der Waals surface area contributed by atoms with Crippen molar-refractivity contribution in [2.75, 3.05) is 13.1 Å². The Hall–Kier alpha value is -1.07. The molecule has 1 amide bonds. The lowest BCUT2D eigenvalue weighted by atomic mass is 10.2. The summed E-state index contributed by atoms with van der Waals surface area (Å²) < 4.78 is 22.4. The topological polar surface area (TPSA) is 54.5 Å². The lowest BCUT2D eigenvalue weighted by Gasteiger charge is -2.16. The number of likely N-dealkylation sites (tertiary alicyclic amines) is 1. The van der Waals surface area contributed by atoms with Crippen LogP contribution in [0.1, 0.15) is 23.7 Å². The number of hydrogen-bond acceptors (Lipinski definition) is 3. The van der Waals surface area contributed by atoms with Crippen molar-refractivity contribution >= 4 is 25.6 Å². The first-order chi connectivity index (χ1) is 8.38. The van der Waals surface area contributed by atoms with Crippen LogP contribution in [0.5, 0.6) is 0 Å². The third-order valence-electron chi connectivity index (χ3n) is 3.07. The van der Waals surface area contributed by atoms with Crippen molar-refractivity contribution in [3.63, 3.8) is 0 Å². The zero-order chi connectivity index (χ0) is 13.3. The van der Waals surface area contributed by atoms with Crippen LogP contribution in [-0.2, 0) is 9.05 Å². The van der Waals surface area contributed by atoms with E-state index in [2.05, 4.69) is 6.92 Å². The second kappa shape index (κ2) is 4.90. The van der Waals surface area contributed by atoms with E-state index >= 15 is 0 Å². The Morgan fingerprint density at radius 2 is 2.17 bits per heavy atom. The smallest absolute Gasteiger partial charge is 0.261 e. The number of carbonyl (C=O) groups is 1. The molecule has 18 heavy (non-hydrogen) atoms. The summed E-state index contributed by atoms with van der Waals surface area (Å²) in [5.41, 5.74) is 0.367. The molecular weight excluding hydrogens is 274 g/mol. The van der Waals surface area contributed by atoms with Crippen LogP contribution < -0.4 is 0 Å². The number of benzene rings is 1. The number of nitrogens with zero attached hydrogens (tertiary/aromatic N) is 1. The average molecular weight is 288 g/mol. The Morgan fingerprint density at radius 1 is 1.44 bits per heavy atom. The van der Waals surface area contributed by atoms with Gasteiger partial charge in [-0.3, -0.25) is 4.79 Å². The number of hydrogen-bond donors (Lipinski definition) is 0. The molecule has 0 radical (unpaired) electrons. The Bertz CT molecular complexity index is 570. The number of rotatable bonds is 2. The van der Waals surface area contributed by atoms with Crippen molar-refractivity contribution < 1.29 is 13.2 Å². The molecule has 1 aromatic carbocycles. The predicted octanol–water partition coefficient (Wildman–Crippen LogP) is 2.10. The molecule has 0 spiro atoms. The first-order valence-corrected chi connectivity index (χ1v) is 8.03. The van der Waals surface area contributed by atoms with Crippen molar-refractivity contribution in [1.82, 2.24) is 4.90 Å². The quantitative estimate of drug-likeness (QED) is 0.783. The van der Waals surface area contributed by atoms with Crippen LogP contribution in [0.25, 0.3) is 0 Å². The van der Waals surface area contributed by atoms with E-state index in [1.165, 1.54) is 18.2 Å². The van der Waals surface area contributed by atoms with Gasteiger partial charge in [-0.1, -0.05) is 13.0 Å². The van der Waals surface area contributed by atoms with Gasteiger partial charge in [-0.2, -0.15) is 0 Å². The summed E-state index contributed by atoms with van der Waals surface area (Å²) in [6.07, 6.45) is 0.985. The standard InChI is InChI=1S/C12H14ClNO3S/c1-9-5-6-14(8-9)12(15)10-3-2-4-11(7-10)18(13,16)17/h2-4,7,9H,5-6,8H2,1H3. The highest BCUT2D eigenvalue weighted by molar-refractivity contribution is 8.13. The number of halogens is 1. The van der Waals surface area contributed by atoms with Gasteiger partial charge in [0.1, 0.15) is 0 Å². The zero-order valence-corrected chi connectivity index (χ0v) is 11.5. The van der Waals surface area contributed by atoms with E-state index in [1.54, 1.807) is 11.0 Å². The fraction of sp³-hybridized carbons (Fsp3) is 0.417. The van der Waals surface area contributed by atoms with Gasteiger partial charge in [0.25, 0.3) is 15.0 Å². The first-order valence-electron chi connectivity index (χ1n) is 5.72. The molecule has 6 heteroatoms. The molecule has 1 unspecified atom stereocenters. The summed E-state index contributed by atoms with van der Waals surface area (Å²) >= 11 is 0. The maximum Gasteiger partial charge on any atom is 0.261 e. The van der Waals surface area contributed by atoms with Crippen molar-refractivity contribution in [1.29, 1.82) is 0 Å². The van der Waals surface area contributed by atoms with Crippen molar-refractivity contribution in [3.8, 4) is 0 Å². The lowest BCUT2D eigenvalue weighted by Crippen LogP contribution is -2.28. The van der Waals surface area contributed by atoms with E-state index in [9.17, 15) is 13.2 Å². The van der Waals surface area contributed by atoms with Gasteiger partial charge in [0.15, 0.2) is 0 Å². The summed E-state index contributed by atoms with van der Waals surface area (Å²) in [5.74, 6) is 0.357. The molecule has 1 saturated heterocycles. The minimum Gasteiger partial charge on any atom is -0.338 e. The molecule has 0 N–H and O–H groups in total. The van der Waals surface area contributed by atoms with E-state index in [0.717, 1.165) is 19.5 Å². The number of carbonyl (C=O) groups excluding carboxylic acids is 1. The largest absolute Gasteiger partial charge is 0.338 e. The fourth-order valence-electron chi connectivity index (χ4n) is 2.08. The summed E-state index contributed by atoms with van der Waals surface area (Å²) in [6.45, 7) is 3.53. The minimum absolute atomic E-state index is 0.0396. The highest BCUT2D eigenvalue weighted by Gasteiger charge is 2.24. The van der Waals surface area contributed by atoms with Gasteiger partial charge in [0, 0.05) is 29.3 Å². The highest BCUT2D eigenvalue weighted by Crippen LogP contribution is 2.20. The van der Waals surface area contributed by atoms with E-state index in [-0.39, 0.29) is 10.8 Å². The lowest BCUT2D eigenvalue weighted by molar-refractivity contribution is 0.0788. The van der Waals surface area contributed by atoms with Gasteiger partial charge in [-0.15, -0.1) is 0 Å². The second-order valence-electron chi connectivity index (χ2n) is 4.61. The van der Waals surface area contributed by atoms with Crippen LogP contribution in [0.4, 0.5) is 0 Å². The van der Waals surface area contributed by atoms with E-state index < -0.39 is 9.05 Å². The molecule has 1 aliphatic heterocycles. The molecule has 1 aromatic rings. The summed E-state index contributed by atoms with van der Waals surface area (Å²) in [4.78, 5) is 13.9. The average Bonchev–Trinajstić information content (AvgIpc) is 2.74. The highest BCUT2D eigenvalue weighted by atomic mass is 35.7. The van der Waals surface area contributed by atoms with Crippen molar-refractivity contribution in [2.45, 2.75) is 18.2 Å². The van der Waals surface area contributed by atoms with Gasteiger partial charge in [0.2, 0.25) is 0 Å². The second-order valence-corrected chi connectivity index (χ2v) is 7.18. The van der Waals surface area contributed by atoms with Crippen LogP contribution in [0, 0.1) is 5.92 Å². The van der Waals surface area contributed by atoms with Gasteiger partial charge >= 0.3 is 0 Å². The molecule has 0 aliphatic carbocycles. The molecule has 1 atom stereocenters. The normalized spacial score (nSPS) is 20.1. The van der Waals surface area contributed by atoms with Crippen LogP contribution in [0.15, 0.2) is 29.2 Å². The third-order valence-corrected chi connectivity index (χ3v) is 4.43. The maximum absolute atomic E-state index is 12.2. The van der Waals surface area contributed by atoms with E-state index in [1.807, 2.05) is 0 Å². The molecule has 0 bridgehead atoms. The molecule has 1 fully saturated rings. The van der Waals surface area contributed by atoms with E-state index in [0.29, 0.717) is 11.5 Å². The Morgan fingerprint density at radius 3 is 2.72 bits per heavy atom. The maximum atomic E-state index is 12.2. The molecule has 98 valence electrons. The van der Waals surface area contributed by atoms with Crippen LogP contribution in [0.3, 0.4) is 0 Å². The van der Waals surface area contributed by atoms with Crippen LogP contribution >= 0.6 is 10.7 Å². The molecule has 0 aromatic heterocycles. The van der Waals surface area contributed by atoms with E-state index in [4.69, 9.17) is 10.7 Å². The summed E-state index contributed by atoms with van der Waals surface area (Å²) in [6, 6.07) is 5.85. The van der Waals surface area contributed by atoms with Crippen molar-refractivity contribution in [2.24, 2.45) is 5.92 Å². The van der Waals surface area contributed by atoms with Crippen molar-refractivity contribution in [3.05, 3.63) is 29.8 Å². The Balaban J connectivity index is 2.26. The molecule has 1 aliphatic rings. The minimum atomic E-state index is -3.79.